The second kappa shape index (κ2) is 25.7. The van der Waals surface area contributed by atoms with E-state index in [9.17, 15) is 19.2 Å². The number of nitrogens with one attached hydrogen (secondary N) is 5. The molecule has 6 N–H and O–H groups in total. The Kier molecular flexibility index (Phi) is 23.7. The van der Waals surface area contributed by atoms with Crippen LogP contribution in [-0.4, -0.2) is 60.1 Å². The maximum Gasteiger partial charge on any atom is 0.244 e. The van der Waals surface area contributed by atoms with Gasteiger partial charge in [0.05, 0.1) is 19.8 Å². The van der Waals surface area contributed by atoms with Crippen molar-refractivity contribution in [2.24, 2.45) is 22.7 Å². The van der Waals surface area contributed by atoms with Gasteiger partial charge >= 0.3 is 0 Å². The van der Waals surface area contributed by atoms with E-state index in [1.54, 1.807) is 5.48 Å². The molecule has 2 aromatic carbocycles. The van der Waals surface area contributed by atoms with Gasteiger partial charge in [-0.25, -0.2) is 5.48 Å². The normalized spacial score (nSPS) is 11.4. The van der Waals surface area contributed by atoms with E-state index in [0.29, 0.717) is 39.1 Å². The van der Waals surface area contributed by atoms with Gasteiger partial charge in [0.25, 0.3) is 0 Å². The Morgan fingerprint density at radius 2 is 1.40 bits per heavy atom. The van der Waals surface area contributed by atoms with Gasteiger partial charge in [-0.05, 0) is 48.8 Å². The summed E-state index contributed by atoms with van der Waals surface area (Å²) >= 11 is 0. The highest BCUT2D eigenvalue weighted by atomic mass is 16.5. The SMILES string of the molecule is CC.CC.Cc1c[nH]c2ccccc12.Cc1ccc(CNC(=O)CC(C)(C)COCC(C)(C)CNC(=O)CNC(=O)C(CC(=O)NO)CC(C)C)cc1. The molecule has 53 heavy (non-hydrogen) atoms. The Balaban J connectivity index is 0.00000160. The lowest BCUT2D eigenvalue weighted by molar-refractivity contribution is -0.135. The van der Waals surface area contributed by atoms with E-state index < -0.39 is 17.7 Å². The van der Waals surface area contributed by atoms with Gasteiger partial charge in [-0.15, -0.1) is 0 Å². The van der Waals surface area contributed by atoms with Gasteiger partial charge in [0.1, 0.15) is 0 Å². The van der Waals surface area contributed by atoms with Gasteiger partial charge in [-0.2, -0.15) is 0 Å². The molecule has 0 aliphatic heterocycles. The number of H-pyrrole nitrogens is 1. The highest BCUT2D eigenvalue weighted by molar-refractivity contribution is 5.88. The first-order valence-corrected chi connectivity index (χ1v) is 18.9. The van der Waals surface area contributed by atoms with Crippen molar-refractivity contribution in [1.82, 2.24) is 26.4 Å². The molecule has 4 amide bonds. The molecule has 3 rings (SSSR count). The average molecular weight is 740 g/mol. The minimum absolute atomic E-state index is 0.0367. The molecular weight excluding hydrogens is 670 g/mol. The molecule has 1 atom stereocenters. The first kappa shape index (κ1) is 48.8. The zero-order valence-electron chi connectivity index (χ0n) is 34.5. The molecular formula is C42H69N5O6. The number of amides is 4. The van der Waals surface area contributed by atoms with Crippen LogP contribution in [0.1, 0.15) is 105 Å². The fraction of sp³-hybridized carbons (Fsp3) is 0.571. The largest absolute Gasteiger partial charge is 0.380 e. The van der Waals surface area contributed by atoms with Crippen molar-refractivity contribution < 1.29 is 29.1 Å². The van der Waals surface area contributed by atoms with Crippen molar-refractivity contribution in [3.8, 4) is 0 Å². The number of hydroxylamine groups is 1. The molecule has 1 unspecified atom stereocenters. The monoisotopic (exact) mass is 740 g/mol. The Morgan fingerprint density at radius 3 is 1.98 bits per heavy atom. The van der Waals surface area contributed by atoms with Crippen LogP contribution < -0.4 is 21.4 Å². The van der Waals surface area contributed by atoms with E-state index in [4.69, 9.17) is 9.94 Å². The Morgan fingerprint density at radius 1 is 0.792 bits per heavy atom. The molecule has 0 saturated carbocycles. The van der Waals surface area contributed by atoms with Crippen LogP contribution in [0.2, 0.25) is 0 Å². The predicted octanol–water partition coefficient (Wildman–Crippen LogP) is 7.39. The van der Waals surface area contributed by atoms with Crippen LogP contribution in [0.3, 0.4) is 0 Å². The van der Waals surface area contributed by atoms with E-state index >= 15 is 0 Å². The van der Waals surface area contributed by atoms with Crippen molar-refractivity contribution >= 4 is 34.5 Å². The second-order valence-corrected chi connectivity index (χ2v) is 14.8. The van der Waals surface area contributed by atoms with Crippen molar-refractivity contribution in [2.75, 3.05) is 26.3 Å². The van der Waals surface area contributed by atoms with Crippen LogP contribution in [0.25, 0.3) is 10.9 Å². The molecule has 0 aliphatic carbocycles. The minimum Gasteiger partial charge on any atom is -0.380 e. The number of rotatable bonds is 17. The number of carbonyl (C=O) groups is 4. The topological polar surface area (TPSA) is 162 Å². The summed E-state index contributed by atoms with van der Waals surface area (Å²) in [5.41, 5.74) is 5.58. The lowest BCUT2D eigenvalue weighted by Gasteiger charge is -2.29. The summed E-state index contributed by atoms with van der Waals surface area (Å²) < 4.78 is 5.93. The van der Waals surface area contributed by atoms with Gasteiger partial charge in [0.2, 0.25) is 23.6 Å². The number of para-hydroxylation sites is 1. The molecule has 1 heterocycles. The molecule has 0 aliphatic rings. The van der Waals surface area contributed by atoms with Gasteiger partial charge < -0.3 is 25.7 Å². The number of aromatic nitrogens is 1. The number of aryl methyl sites for hydroxylation is 2. The summed E-state index contributed by atoms with van der Waals surface area (Å²) in [5.74, 6) is -1.91. The van der Waals surface area contributed by atoms with E-state index in [-0.39, 0.29) is 41.5 Å². The van der Waals surface area contributed by atoms with E-state index in [0.717, 1.165) is 5.56 Å². The maximum atomic E-state index is 12.5. The van der Waals surface area contributed by atoms with Gasteiger partial charge in [-0.3, -0.25) is 24.4 Å². The van der Waals surface area contributed by atoms with Crippen molar-refractivity contribution in [1.29, 1.82) is 0 Å². The third kappa shape index (κ3) is 21.2. The summed E-state index contributed by atoms with van der Waals surface area (Å²) in [6.45, 7) is 25.2. The molecule has 1 aromatic heterocycles. The highest BCUT2D eigenvalue weighted by Gasteiger charge is 2.26. The first-order valence-electron chi connectivity index (χ1n) is 18.9. The number of hydrogen-bond donors (Lipinski definition) is 6. The predicted molar refractivity (Wildman–Crippen MR) is 215 cm³/mol. The van der Waals surface area contributed by atoms with Crippen LogP contribution >= 0.6 is 0 Å². The molecule has 3 aromatic rings. The average Bonchev–Trinajstić information content (AvgIpc) is 3.50. The Bertz CT molecular complexity index is 1500. The molecule has 298 valence electrons. The summed E-state index contributed by atoms with van der Waals surface area (Å²) in [4.78, 5) is 51.9. The minimum atomic E-state index is -0.645. The van der Waals surface area contributed by atoms with Crippen LogP contribution in [-0.2, 0) is 30.5 Å². The summed E-state index contributed by atoms with van der Waals surface area (Å²) in [6.07, 6.45) is 2.66. The zero-order valence-corrected chi connectivity index (χ0v) is 34.5. The third-order valence-electron chi connectivity index (χ3n) is 7.90. The Labute approximate surface area is 318 Å². The van der Waals surface area contributed by atoms with Crippen LogP contribution in [0.15, 0.2) is 54.7 Å². The van der Waals surface area contributed by atoms with E-state index in [1.807, 2.05) is 113 Å². The maximum absolute atomic E-state index is 12.5. The quantitative estimate of drug-likeness (QED) is 0.0625. The van der Waals surface area contributed by atoms with Crippen molar-refractivity contribution in [2.45, 2.75) is 109 Å². The second-order valence-electron chi connectivity index (χ2n) is 14.8. The summed E-state index contributed by atoms with van der Waals surface area (Å²) in [5, 5.41) is 18.4. The fourth-order valence-electron chi connectivity index (χ4n) is 5.16. The van der Waals surface area contributed by atoms with Crippen molar-refractivity contribution in [3.05, 3.63) is 71.4 Å². The summed E-state index contributed by atoms with van der Waals surface area (Å²) in [6, 6.07) is 16.4. The van der Waals surface area contributed by atoms with Crippen molar-refractivity contribution in [3.63, 3.8) is 0 Å². The number of carbonyl (C=O) groups excluding carboxylic acids is 4. The van der Waals surface area contributed by atoms with Gasteiger partial charge in [0.15, 0.2) is 0 Å². The standard InChI is InChI=1S/C29H48N4O6.C9H9N.2C2H6/c1-20(2)12-23(13-24(34)33-38)27(37)31-16-26(36)32-17-29(6,7)19-39-18-28(4,5)14-25(35)30-15-22-10-8-21(3)9-11-22;1-7-6-10-9-5-3-2-4-8(7)9;2*1-2/h8-11,20,23,38H,12-19H2,1-7H3,(H,30,35)(H,31,37)(H,32,36)(H,33,34);2-6,10H,1H3;2*1-2H3. The molecule has 0 fully saturated rings. The van der Waals surface area contributed by atoms with Crippen LogP contribution in [0.4, 0.5) is 0 Å². The third-order valence-corrected chi connectivity index (χ3v) is 7.90. The number of benzene rings is 2. The first-order chi connectivity index (χ1) is 25.0. The molecule has 0 bridgehead atoms. The Hall–Kier alpha value is -4.22. The molecule has 0 spiro atoms. The van der Waals surface area contributed by atoms with Gasteiger partial charge in [0, 0.05) is 54.4 Å². The number of ether oxygens (including phenoxy) is 1. The number of aromatic amines is 1. The smallest absolute Gasteiger partial charge is 0.244 e. The number of fused-ring (bicyclic) bond motifs is 1. The zero-order chi connectivity index (χ0) is 40.6. The van der Waals surface area contributed by atoms with Crippen LogP contribution in [0, 0.1) is 36.5 Å². The van der Waals surface area contributed by atoms with Gasteiger partial charge in [-0.1, -0.05) is 117 Å². The van der Waals surface area contributed by atoms with E-state index in [1.165, 1.54) is 22.0 Å². The lowest BCUT2D eigenvalue weighted by atomic mass is 9.89. The van der Waals surface area contributed by atoms with Crippen LogP contribution in [0.5, 0.6) is 0 Å². The lowest BCUT2D eigenvalue weighted by Crippen LogP contribution is -2.44. The molecule has 11 heteroatoms. The molecule has 0 saturated heterocycles. The summed E-state index contributed by atoms with van der Waals surface area (Å²) in [7, 11) is 0. The molecule has 0 radical (unpaired) electrons. The van der Waals surface area contributed by atoms with E-state index in [2.05, 4.69) is 46.1 Å². The molecule has 11 nitrogen and oxygen atoms in total. The number of hydrogen-bond acceptors (Lipinski definition) is 6. The highest BCUT2D eigenvalue weighted by Crippen LogP contribution is 2.23. The fourth-order valence-corrected chi connectivity index (χ4v) is 5.16.